The summed E-state index contributed by atoms with van der Waals surface area (Å²) in [6.07, 6.45) is 0. The van der Waals surface area contributed by atoms with Crippen LogP contribution in [0.2, 0.25) is 5.02 Å². The Labute approximate surface area is 214 Å². The molecule has 1 saturated heterocycles. The first-order valence-electron chi connectivity index (χ1n) is 11.1. The Hall–Kier alpha value is -4.35. The number of pyridine rings is 1. The minimum absolute atomic E-state index is 0.0123. The van der Waals surface area contributed by atoms with Gasteiger partial charge in [-0.05, 0) is 24.3 Å². The van der Waals surface area contributed by atoms with E-state index in [-0.39, 0.29) is 39.4 Å². The van der Waals surface area contributed by atoms with E-state index < -0.39 is 29.3 Å². The standard InChI is InChI=1S/C25H19ClF2N6O3/c26-17-7-6-13(22-18(27)9-19(28)23(29)32-22)8-16(17)24(35)31-21-10-20(25(36)30-14-11-37-12-14)33-34(21)15-4-2-1-3-5-15/h1-10,14H,11-12H2,(H2,29,32)(H,30,36)(H,31,35). The maximum Gasteiger partial charge on any atom is 0.272 e. The number of aromatic nitrogens is 3. The van der Waals surface area contributed by atoms with E-state index >= 15 is 0 Å². The molecule has 2 aromatic heterocycles. The second-order valence-electron chi connectivity index (χ2n) is 8.20. The Morgan fingerprint density at radius 3 is 2.49 bits per heavy atom. The molecule has 0 atom stereocenters. The van der Waals surface area contributed by atoms with E-state index in [1.165, 1.54) is 28.9 Å². The lowest BCUT2D eigenvalue weighted by molar-refractivity contribution is -0.00355. The smallest absolute Gasteiger partial charge is 0.272 e. The van der Waals surface area contributed by atoms with Gasteiger partial charge in [-0.2, -0.15) is 5.10 Å². The highest BCUT2D eigenvalue weighted by atomic mass is 35.5. The first-order chi connectivity index (χ1) is 17.8. The number of anilines is 2. The highest BCUT2D eigenvalue weighted by molar-refractivity contribution is 6.34. The molecule has 0 radical (unpaired) electrons. The normalized spacial score (nSPS) is 13.2. The topological polar surface area (TPSA) is 124 Å². The maximum absolute atomic E-state index is 14.4. The van der Waals surface area contributed by atoms with E-state index in [0.29, 0.717) is 25.0 Å². The number of nitrogens with one attached hydrogen (secondary N) is 2. The van der Waals surface area contributed by atoms with Gasteiger partial charge < -0.3 is 21.1 Å². The van der Waals surface area contributed by atoms with Crippen LogP contribution in [0.15, 0.2) is 60.7 Å². The molecule has 12 heteroatoms. The van der Waals surface area contributed by atoms with Crippen molar-refractivity contribution in [3.05, 3.63) is 88.6 Å². The summed E-state index contributed by atoms with van der Waals surface area (Å²) in [4.78, 5) is 29.7. The lowest BCUT2D eigenvalue weighted by Crippen LogP contribution is -2.48. The number of rotatable bonds is 6. The summed E-state index contributed by atoms with van der Waals surface area (Å²) in [5.41, 5.74) is 6.08. The van der Waals surface area contributed by atoms with Crippen LogP contribution < -0.4 is 16.4 Å². The Morgan fingerprint density at radius 2 is 1.78 bits per heavy atom. The lowest BCUT2D eigenvalue weighted by atomic mass is 10.1. The third-order valence-electron chi connectivity index (χ3n) is 5.60. The SMILES string of the molecule is Nc1nc(-c2ccc(Cl)c(C(=O)Nc3cc(C(=O)NC4COC4)nn3-c3ccccc3)c2)c(F)cc1F. The van der Waals surface area contributed by atoms with Crippen LogP contribution in [-0.2, 0) is 4.74 Å². The van der Waals surface area contributed by atoms with Crippen molar-refractivity contribution in [1.82, 2.24) is 20.1 Å². The molecule has 4 aromatic rings. The zero-order valence-corrected chi connectivity index (χ0v) is 19.8. The van der Waals surface area contributed by atoms with Gasteiger partial charge in [0, 0.05) is 17.7 Å². The van der Waals surface area contributed by atoms with Gasteiger partial charge in [0.2, 0.25) is 0 Å². The highest BCUT2D eigenvalue weighted by Crippen LogP contribution is 2.28. The van der Waals surface area contributed by atoms with E-state index in [1.807, 2.05) is 6.07 Å². The zero-order chi connectivity index (χ0) is 26.1. The summed E-state index contributed by atoms with van der Waals surface area (Å²) in [6.45, 7) is 0.831. The number of para-hydroxylation sites is 1. The van der Waals surface area contributed by atoms with Gasteiger partial charge in [0.05, 0.1) is 35.5 Å². The molecule has 0 saturated carbocycles. The molecule has 9 nitrogen and oxygen atoms in total. The van der Waals surface area contributed by atoms with Crippen LogP contribution in [0.4, 0.5) is 20.4 Å². The van der Waals surface area contributed by atoms with Crippen LogP contribution in [0.25, 0.3) is 16.9 Å². The first kappa shape index (κ1) is 24.3. The number of nitrogens with zero attached hydrogens (tertiary/aromatic N) is 3. The third kappa shape index (κ3) is 4.99. The van der Waals surface area contributed by atoms with Gasteiger partial charge in [-0.3, -0.25) is 9.59 Å². The van der Waals surface area contributed by atoms with Gasteiger partial charge in [-0.1, -0.05) is 35.9 Å². The maximum atomic E-state index is 14.4. The molecule has 4 N–H and O–H groups in total. The summed E-state index contributed by atoms with van der Waals surface area (Å²) >= 11 is 6.28. The van der Waals surface area contributed by atoms with Crippen molar-refractivity contribution >= 4 is 35.1 Å². The second-order valence-corrected chi connectivity index (χ2v) is 8.61. The van der Waals surface area contributed by atoms with E-state index in [1.54, 1.807) is 24.3 Å². The largest absolute Gasteiger partial charge is 0.381 e. The molecule has 0 bridgehead atoms. The van der Waals surface area contributed by atoms with Crippen LogP contribution in [0.3, 0.4) is 0 Å². The average molecular weight is 525 g/mol. The van der Waals surface area contributed by atoms with Crippen molar-refractivity contribution in [2.75, 3.05) is 24.3 Å². The molecule has 2 aromatic carbocycles. The molecule has 188 valence electrons. The van der Waals surface area contributed by atoms with E-state index in [4.69, 9.17) is 22.1 Å². The number of halogens is 3. The summed E-state index contributed by atoms with van der Waals surface area (Å²) in [7, 11) is 0. The molecule has 1 aliphatic heterocycles. The number of benzene rings is 2. The van der Waals surface area contributed by atoms with Gasteiger partial charge in [0.25, 0.3) is 11.8 Å². The number of ether oxygens (including phenoxy) is 1. The van der Waals surface area contributed by atoms with Crippen molar-refractivity contribution in [3.63, 3.8) is 0 Å². The van der Waals surface area contributed by atoms with Crippen molar-refractivity contribution in [1.29, 1.82) is 0 Å². The molecule has 1 aliphatic rings. The molecule has 0 aliphatic carbocycles. The third-order valence-corrected chi connectivity index (χ3v) is 5.93. The number of hydrogen-bond acceptors (Lipinski definition) is 6. The van der Waals surface area contributed by atoms with Gasteiger partial charge in [0.1, 0.15) is 11.5 Å². The van der Waals surface area contributed by atoms with E-state index in [9.17, 15) is 18.4 Å². The minimum atomic E-state index is -0.993. The predicted octanol–water partition coefficient (Wildman–Crippen LogP) is 3.83. The number of nitrogen functional groups attached to an aromatic ring is 1. The molecule has 3 heterocycles. The van der Waals surface area contributed by atoms with Gasteiger partial charge in [0.15, 0.2) is 23.1 Å². The van der Waals surface area contributed by atoms with Crippen LogP contribution in [0.1, 0.15) is 20.8 Å². The first-order valence-corrected chi connectivity index (χ1v) is 11.4. The fourth-order valence-corrected chi connectivity index (χ4v) is 3.84. The monoisotopic (exact) mass is 524 g/mol. The van der Waals surface area contributed by atoms with Gasteiger partial charge in [-0.25, -0.2) is 18.4 Å². The number of carbonyl (C=O) groups excluding carboxylic acids is 2. The lowest BCUT2D eigenvalue weighted by Gasteiger charge is -2.26. The number of hydrogen-bond donors (Lipinski definition) is 3. The quantitative estimate of drug-likeness (QED) is 0.352. The molecule has 37 heavy (non-hydrogen) atoms. The average Bonchev–Trinajstić information content (AvgIpc) is 3.28. The van der Waals surface area contributed by atoms with Crippen molar-refractivity contribution in [2.24, 2.45) is 0 Å². The summed E-state index contributed by atoms with van der Waals surface area (Å²) < 4.78 is 34.4. The second kappa shape index (κ2) is 9.96. The predicted molar refractivity (Wildman–Crippen MR) is 133 cm³/mol. The molecule has 0 unspecified atom stereocenters. The van der Waals surface area contributed by atoms with E-state index in [2.05, 4.69) is 20.7 Å². The van der Waals surface area contributed by atoms with Crippen LogP contribution in [0, 0.1) is 11.6 Å². The Bertz CT molecular complexity index is 1510. The summed E-state index contributed by atoms with van der Waals surface area (Å²) in [5, 5.41) is 9.95. The van der Waals surface area contributed by atoms with Gasteiger partial charge >= 0.3 is 0 Å². The Morgan fingerprint density at radius 1 is 1.03 bits per heavy atom. The molecule has 5 rings (SSSR count). The fraction of sp³-hybridized carbons (Fsp3) is 0.120. The van der Waals surface area contributed by atoms with Crippen LogP contribution >= 0.6 is 11.6 Å². The summed E-state index contributed by atoms with van der Waals surface area (Å²) in [5.74, 6) is -3.30. The van der Waals surface area contributed by atoms with Crippen molar-refractivity contribution in [2.45, 2.75) is 6.04 Å². The van der Waals surface area contributed by atoms with Crippen molar-refractivity contribution < 1.29 is 23.1 Å². The number of nitrogens with two attached hydrogens (primary N) is 1. The molecule has 0 spiro atoms. The molecule has 1 fully saturated rings. The number of carbonyl (C=O) groups is 2. The molecular formula is C25H19ClF2N6O3. The molecular weight excluding hydrogens is 506 g/mol. The minimum Gasteiger partial charge on any atom is -0.381 e. The Kier molecular flexibility index (Phi) is 6.55. The van der Waals surface area contributed by atoms with Crippen molar-refractivity contribution in [3.8, 4) is 16.9 Å². The van der Waals surface area contributed by atoms with Crippen LogP contribution in [0.5, 0.6) is 0 Å². The Balaban J connectivity index is 1.48. The molecule has 2 amide bonds. The highest BCUT2D eigenvalue weighted by Gasteiger charge is 2.24. The van der Waals surface area contributed by atoms with Gasteiger partial charge in [-0.15, -0.1) is 0 Å². The fourth-order valence-electron chi connectivity index (χ4n) is 3.64. The number of amides is 2. The zero-order valence-electron chi connectivity index (χ0n) is 19.0. The van der Waals surface area contributed by atoms with Crippen LogP contribution in [-0.4, -0.2) is 45.8 Å². The summed E-state index contributed by atoms with van der Waals surface area (Å²) in [6, 6.07) is 15.0. The van der Waals surface area contributed by atoms with E-state index in [0.717, 1.165) is 0 Å².